The molecule has 0 bridgehead atoms. The minimum absolute atomic E-state index is 0.129. The van der Waals surface area contributed by atoms with Crippen LogP contribution < -0.4 is 9.46 Å². The van der Waals surface area contributed by atoms with Crippen molar-refractivity contribution in [1.29, 1.82) is 0 Å². The first-order chi connectivity index (χ1) is 12.4. The zero-order chi connectivity index (χ0) is 18.7. The van der Waals surface area contributed by atoms with Crippen LogP contribution in [-0.2, 0) is 16.6 Å². The van der Waals surface area contributed by atoms with Crippen molar-refractivity contribution in [3.63, 3.8) is 0 Å². The molecule has 0 spiro atoms. The van der Waals surface area contributed by atoms with Crippen LogP contribution in [0.2, 0.25) is 0 Å². The van der Waals surface area contributed by atoms with Gasteiger partial charge < -0.3 is 4.74 Å². The van der Waals surface area contributed by atoms with Crippen molar-refractivity contribution in [2.75, 3.05) is 7.11 Å². The Balaban J connectivity index is 1.77. The monoisotopic (exact) mass is 389 g/mol. The Morgan fingerprint density at radius 2 is 1.96 bits per heavy atom. The zero-order valence-corrected chi connectivity index (χ0v) is 16.3. The summed E-state index contributed by atoms with van der Waals surface area (Å²) in [5.41, 5.74) is 2.90. The highest BCUT2D eigenvalue weighted by atomic mass is 32.2. The van der Waals surface area contributed by atoms with Gasteiger partial charge in [0.1, 0.15) is 10.8 Å². The summed E-state index contributed by atoms with van der Waals surface area (Å²) in [5, 5.41) is 2.55. The minimum atomic E-state index is -3.65. The molecule has 0 atom stereocenters. The Morgan fingerprint density at radius 3 is 2.65 bits per heavy atom. The maximum Gasteiger partial charge on any atom is 0.241 e. The molecule has 8 heteroatoms. The average Bonchev–Trinajstić information content (AvgIpc) is 3.11. The second-order valence-electron chi connectivity index (χ2n) is 5.75. The number of nitrogens with one attached hydrogen (secondary N) is 1. The number of nitrogens with zero attached hydrogens (tertiary/aromatic N) is 2. The molecule has 6 nitrogen and oxygen atoms in total. The number of aromatic nitrogens is 2. The maximum absolute atomic E-state index is 12.7. The molecule has 2 aromatic heterocycles. The molecular weight excluding hydrogens is 370 g/mol. The van der Waals surface area contributed by atoms with Gasteiger partial charge in [-0.2, -0.15) is 0 Å². The fraction of sp³-hybridized carbons (Fsp3) is 0.222. The van der Waals surface area contributed by atoms with Crippen LogP contribution in [0.15, 0.2) is 46.8 Å². The third-order valence-corrected chi connectivity index (χ3v) is 6.27. The molecule has 26 heavy (non-hydrogen) atoms. The van der Waals surface area contributed by atoms with Crippen LogP contribution in [0.5, 0.6) is 5.75 Å². The van der Waals surface area contributed by atoms with Crippen molar-refractivity contribution in [2.45, 2.75) is 25.3 Å². The molecule has 0 saturated heterocycles. The molecular formula is C18H19N3O3S2. The lowest BCUT2D eigenvalue weighted by atomic mass is 10.1. The SMILES string of the molecule is COc1cc(C)c(S(=O)(=O)NCc2nc(-c3ccccn3)cs2)cc1C. The molecule has 0 saturated carbocycles. The minimum Gasteiger partial charge on any atom is -0.496 e. The van der Waals surface area contributed by atoms with Crippen LogP contribution in [-0.4, -0.2) is 25.5 Å². The number of hydrogen-bond acceptors (Lipinski definition) is 6. The summed E-state index contributed by atoms with van der Waals surface area (Å²) < 4.78 is 33.2. The van der Waals surface area contributed by atoms with Gasteiger partial charge in [0, 0.05) is 11.6 Å². The first-order valence-corrected chi connectivity index (χ1v) is 10.3. The average molecular weight is 390 g/mol. The highest BCUT2D eigenvalue weighted by molar-refractivity contribution is 7.89. The fourth-order valence-electron chi connectivity index (χ4n) is 2.53. The van der Waals surface area contributed by atoms with Crippen LogP contribution in [0.4, 0.5) is 0 Å². The molecule has 2 heterocycles. The van der Waals surface area contributed by atoms with Crippen molar-refractivity contribution in [2.24, 2.45) is 0 Å². The first kappa shape index (κ1) is 18.5. The van der Waals surface area contributed by atoms with Gasteiger partial charge in [-0.1, -0.05) is 6.07 Å². The molecule has 0 fully saturated rings. The van der Waals surface area contributed by atoms with Crippen molar-refractivity contribution < 1.29 is 13.2 Å². The summed E-state index contributed by atoms with van der Waals surface area (Å²) in [6.07, 6.45) is 1.70. The maximum atomic E-state index is 12.7. The van der Waals surface area contributed by atoms with Crippen molar-refractivity contribution >= 4 is 21.4 Å². The summed E-state index contributed by atoms with van der Waals surface area (Å²) in [6.45, 7) is 3.70. The van der Waals surface area contributed by atoms with Gasteiger partial charge >= 0.3 is 0 Å². The van der Waals surface area contributed by atoms with Crippen molar-refractivity contribution in [3.8, 4) is 17.1 Å². The number of pyridine rings is 1. The normalized spacial score (nSPS) is 11.5. The predicted molar refractivity (Wildman–Crippen MR) is 102 cm³/mol. The number of rotatable bonds is 6. The highest BCUT2D eigenvalue weighted by Crippen LogP contribution is 2.26. The largest absolute Gasteiger partial charge is 0.496 e. The van der Waals surface area contributed by atoms with E-state index in [-0.39, 0.29) is 11.4 Å². The number of aryl methyl sites for hydroxylation is 2. The lowest BCUT2D eigenvalue weighted by Gasteiger charge is -2.12. The summed E-state index contributed by atoms with van der Waals surface area (Å²) in [7, 11) is -2.08. The molecule has 3 rings (SSSR count). The number of sulfonamides is 1. The summed E-state index contributed by atoms with van der Waals surface area (Å²) in [5.74, 6) is 0.668. The molecule has 0 unspecified atom stereocenters. The van der Waals surface area contributed by atoms with Gasteiger partial charge in [0.15, 0.2) is 0 Å². The van der Waals surface area contributed by atoms with Crippen molar-refractivity contribution in [1.82, 2.24) is 14.7 Å². The topological polar surface area (TPSA) is 81.2 Å². The number of benzene rings is 1. The molecule has 0 aliphatic carbocycles. The van der Waals surface area contributed by atoms with Gasteiger partial charge in [-0.3, -0.25) is 4.98 Å². The van der Waals surface area contributed by atoms with E-state index in [2.05, 4.69) is 14.7 Å². The molecule has 0 aliphatic rings. The third kappa shape index (κ3) is 3.92. The van der Waals surface area contributed by atoms with Gasteiger partial charge in [-0.05, 0) is 49.2 Å². The summed E-state index contributed by atoms with van der Waals surface area (Å²) >= 11 is 1.40. The van der Waals surface area contributed by atoms with Gasteiger partial charge in [-0.15, -0.1) is 11.3 Å². The van der Waals surface area contributed by atoms with E-state index in [9.17, 15) is 8.42 Å². The quantitative estimate of drug-likeness (QED) is 0.699. The lowest BCUT2D eigenvalue weighted by molar-refractivity contribution is 0.411. The standard InChI is InChI=1S/C18H19N3O3S2/c1-12-9-17(13(2)8-16(12)24-3)26(22,23)20-10-18-21-15(11-25-18)14-6-4-5-7-19-14/h4-9,11,20H,10H2,1-3H3. The van der Waals surface area contributed by atoms with Crippen molar-refractivity contribution in [3.05, 3.63) is 58.0 Å². The Kier molecular flexibility index (Phi) is 5.36. The van der Waals surface area contributed by atoms with Gasteiger partial charge in [-0.25, -0.2) is 18.1 Å². The predicted octanol–water partition coefficient (Wildman–Crippen LogP) is 3.31. The fourth-order valence-corrected chi connectivity index (χ4v) is 4.65. The van der Waals surface area contributed by atoms with E-state index < -0.39 is 10.0 Å². The summed E-state index contributed by atoms with van der Waals surface area (Å²) in [6, 6.07) is 8.94. The van der Waals surface area contributed by atoms with Crippen LogP contribution in [0, 0.1) is 13.8 Å². The van der Waals surface area contributed by atoms with E-state index in [0.717, 1.165) is 17.0 Å². The summed E-state index contributed by atoms with van der Waals surface area (Å²) in [4.78, 5) is 8.95. The molecule has 1 N–H and O–H groups in total. The third-order valence-electron chi connectivity index (χ3n) is 3.87. The number of thiazole rings is 1. The van der Waals surface area contributed by atoms with Crippen LogP contribution >= 0.6 is 11.3 Å². The Hall–Kier alpha value is -2.29. The molecule has 1 aromatic carbocycles. The Labute approximate surface area is 157 Å². The Morgan fingerprint density at radius 1 is 1.15 bits per heavy atom. The second-order valence-corrected chi connectivity index (χ2v) is 8.43. The molecule has 0 radical (unpaired) electrons. The first-order valence-electron chi connectivity index (χ1n) is 7.91. The van der Waals surface area contributed by atoms with E-state index in [1.54, 1.807) is 32.4 Å². The van der Waals surface area contributed by atoms with E-state index in [1.165, 1.54) is 11.3 Å². The van der Waals surface area contributed by atoms with Crippen LogP contribution in [0.3, 0.4) is 0 Å². The second kappa shape index (κ2) is 7.53. The van der Waals surface area contributed by atoms with Crippen LogP contribution in [0.1, 0.15) is 16.1 Å². The molecule has 3 aromatic rings. The Bertz CT molecular complexity index is 1020. The van der Waals surface area contributed by atoms with Gasteiger partial charge in [0.25, 0.3) is 0 Å². The van der Waals surface area contributed by atoms with E-state index in [4.69, 9.17) is 4.74 Å². The van der Waals surface area contributed by atoms with Gasteiger partial charge in [0.2, 0.25) is 10.0 Å². The molecule has 0 amide bonds. The van der Waals surface area contributed by atoms with Crippen LogP contribution in [0.25, 0.3) is 11.4 Å². The molecule has 0 aliphatic heterocycles. The number of methoxy groups -OCH3 is 1. The smallest absolute Gasteiger partial charge is 0.241 e. The number of hydrogen-bond donors (Lipinski definition) is 1. The van der Waals surface area contributed by atoms with E-state index in [0.29, 0.717) is 16.3 Å². The lowest BCUT2D eigenvalue weighted by Crippen LogP contribution is -2.24. The zero-order valence-electron chi connectivity index (χ0n) is 14.7. The highest BCUT2D eigenvalue weighted by Gasteiger charge is 2.19. The van der Waals surface area contributed by atoms with E-state index >= 15 is 0 Å². The van der Waals surface area contributed by atoms with Gasteiger partial charge in [0.05, 0.1) is 29.9 Å². The number of ether oxygens (including phenoxy) is 1. The van der Waals surface area contributed by atoms with E-state index in [1.807, 2.05) is 30.5 Å². The molecule has 136 valence electrons.